The lowest BCUT2D eigenvalue weighted by atomic mass is 10.3. The molecule has 0 amide bonds. The van der Waals surface area contributed by atoms with Crippen LogP contribution in [0.3, 0.4) is 0 Å². The van der Waals surface area contributed by atoms with Gasteiger partial charge in [0.2, 0.25) is 0 Å². The molecule has 0 aromatic carbocycles. The summed E-state index contributed by atoms with van der Waals surface area (Å²) in [5, 5.41) is 2.63. The number of carbonyl (C=O) groups is 2. The van der Waals surface area contributed by atoms with E-state index in [2.05, 4.69) is 14.7 Å². The molecule has 74 valence electrons. The number of nitroso groups, excluding NO2 is 1. The molecule has 0 saturated heterocycles. The summed E-state index contributed by atoms with van der Waals surface area (Å²) in [5.74, 6) is -1.01. The van der Waals surface area contributed by atoms with Gasteiger partial charge in [-0.05, 0) is 0 Å². The van der Waals surface area contributed by atoms with Crippen LogP contribution in [0.5, 0.6) is 0 Å². The number of carbonyl (C=O) groups excluding carboxylic acids is 2. The van der Waals surface area contributed by atoms with E-state index in [4.69, 9.17) is 0 Å². The summed E-state index contributed by atoms with van der Waals surface area (Å²) in [6.07, 6.45) is 0. The maximum atomic E-state index is 10.3. The minimum Gasteiger partial charge on any atom is -0.463 e. The van der Waals surface area contributed by atoms with E-state index in [0.29, 0.717) is 0 Å². The second-order valence-corrected chi connectivity index (χ2v) is 2.36. The second-order valence-electron chi connectivity index (χ2n) is 2.36. The van der Waals surface area contributed by atoms with Gasteiger partial charge in [0.05, 0.1) is 0 Å². The predicted octanol–water partition coefficient (Wildman–Crippen LogP) is 0.248. The van der Waals surface area contributed by atoms with E-state index in [0.717, 1.165) is 0 Å². The van der Waals surface area contributed by atoms with Crippen LogP contribution >= 0.6 is 0 Å². The van der Waals surface area contributed by atoms with Gasteiger partial charge in [0, 0.05) is 13.8 Å². The molecule has 0 aliphatic rings. The van der Waals surface area contributed by atoms with Crippen LogP contribution in [0.4, 0.5) is 0 Å². The van der Waals surface area contributed by atoms with Gasteiger partial charge >= 0.3 is 11.9 Å². The zero-order valence-electron chi connectivity index (χ0n) is 7.48. The molecular weight excluding hydrogens is 178 g/mol. The number of hydrogen-bond donors (Lipinski definition) is 0. The molecule has 0 saturated carbocycles. The fourth-order valence-electron chi connectivity index (χ4n) is 0.536. The fraction of sp³-hybridized carbons (Fsp3) is 0.714. The highest BCUT2D eigenvalue weighted by molar-refractivity contribution is 5.66. The highest BCUT2D eigenvalue weighted by atomic mass is 16.5. The van der Waals surface area contributed by atoms with Crippen LogP contribution in [0.1, 0.15) is 13.8 Å². The Kier molecular flexibility index (Phi) is 5.42. The lowest BCUT2D eigenvalue weighted by Crippen LogP contribution is -2.22. The molecule has 0 aromatic rings. The van der Waals surface area contributed by atoms with Gasteiger partial charge in [0.15, 0.2) is 6.04 Å². The van der Waals surface area contributed by atoms with Crippen LogP contribution in [-0.2, 0) is 19.1 Å². The Bertz CT molecular complexity index is 185. The number of hydrogen-bond acceptors (Lipinski definition) is 6. The van der Waals surface area contributed by atoms with Crippen molar-refractivity contribution >= 4 is 11.9 Å². The van der Waals surface area contributed by atoms with E-state index in [-0.39, 0.29) is 13.2 Å². The number of nitrogens with zero attached hydrogens (tertiary/aromatic N) is 1. The number of esters is 2. The van der Waals surface area contributed by atoms with E-state index in [1.54, 1.807) is 0 Å². The molecule has 0 radical (unpaired) electrons. The first-order valence-electron chi connectivity index (χ1n) is 3.65. The first kappa shape index (κ1) is 11.5. The molecule has 0 fully saturated rings. The van der Waals surface area contributed by atoms with Crippen LogP contribution in [0.15, 0.2) is 5.18 Å². The Morgan fingerprint density at radius 1 is 1.15 bits per heavy atom. The van der Waals surface area contributed by atoms with Crippen molar-refractivity contribution in [3.05, 3.63) is 4.91 Å². The number of ether oxygens (including phenoxy) is 2. The van der Waals surface area contributed by atoms with Crippen molar-refractivity contribution in [2.24, 2.45) is 5.18 Å². The molecule has 0 bridgehead atoms. The molecule has 0 aliphatic carbocycles. The minimum absolute atomic E-state index is 0.161. The summed E-state index contributed by atoms with van der Waals surface area (Å²) in [6, 6.07) is -0.826. The maximum absolute atomic E-state index is 10.3. The van der Waals surface area contributed by atoms with Crippen LogP contribution in [0.25, 0.3) is 0 Å². The third kappa shape index (κ3) is 6.92. The Morgan fingerprint density at radius 3 is 1.77 bits per heavy atom. The van der Waals surface area contributed by atoms with Gasteiger partial charge in [-0.25, -0.2) is 0 Å². The minimum atomic E-state index is -0.826. The highest BCUT2D eigenvalue weighted by Gasteiger charge is 2.12. The van der Waals surface area contributed by atoms with Crippen molar-refractivity contribution in [2.75, 3.05) is 13.2 Å². The smallest absolute Gasteiger partial charge is 0.302 e. The van der Waals surface area contributed by atoms with Crippen LogP contribution in [-0.4, -0.2) is 31.2 Å². The summed E-state index contributed by atoms with van der Waals surface area (Å²) < 4.78 is 9.01. The van der Waals surface area contributed by atoms with Gasteiger partial charge in [-0.3, -0.25) is 9.59 Å². The van der Waals surface area contributed by atoms with E-state index in [1.807, 2.05) is 0 Å². The Hall–Kier alpha value is -1.46. The standard InChI is InChI=1S/C7H11NO5/c1-5(9)12-3-7(8-11)4-13-6(2)10/h7H,3-4H2,1-2H3. The normalized spacial score (nSPS) is 9.46. The third-order valence-electron chi connectivity index (χ3n) is 1.11. The largest absolute Gasteiger partial charge is 0.463 e. The van der Waals surface area contributed by atoms with Gasteiger partial charge in [0.1, 0.15) is 13.2 Å². The van der Waals surface area contributed by atoms with Gasteiger partial charge in [0.25, 0.3) is 0 Å². The van der Waals surface area contributed by atoms with Crippen molar-refractivity contribution in [3.8, 4) is 0 Å². The topological polar surface area (TPSA) is 82.0 Å². The van der Waals surface area contributed by atoms with E-state index in [9.17, 15) is 14.5 Å². The molecule has 0 aromatic heterocycles. The summed E-state index contributed by atoms with van der Waals surface area (Å²) >= 11 is 0. The van der Waals surface area contributed by atoms with Gasteiger partial charge in [-0.2, -0.15) is 4.91 Å². The average molecular weight is 189 g/mol. The monoisotopic (exact) mass is 189 g/mol. The molecule has 0 unspecified atom stereocenters. The van der Waals surface area contributed by atoms with E-state index >= 15 is 0 Å². The van der Waals surface area contributed by atoms with Crippen molar-refractivity contribution in [3.63, 3.8) is 0 Å². The van der Waals surface area contributed by atoms with Gasteiger partial charge < -0.3 is 9.47 Å². The van der Waals surface area contributed by atoms with Gasteiger partial charge in [-0.15, -0.1) is 0 Å². The molecule has 13 heavy (non-hydrogen) atoms. The fourth-order valence-corrected chi connectivity index (χ4v) is 0.536. The zero-order chi connectivity index (χ0) is 10.3. The summed E-state index contributed by atoms with van der Waals surface area (Å²) in [7, 11) is 0. The van der Waals surface area contributed by atoms with Crippen LogP contribution < -0.4 is 0 Å². The lowest BCUT2D eigenvalue weighted by molar-refractivity contribution is -0.144. The predicted molar refractivity (Wildman–Crippen MR) is 42.8 cm³/mol. The zero-order valence-corrected chi connectivity index (χ0v) is 7.48. The average Bonchev–Trinajstić information content (AvgIpc) is 2.04. The molecule has 0 rings (SSSR count). The Balaban J connectivity index is 3.69. The Labute approximate surface area is 75.2 Å². The highest BCUT2D eigenvalue weighted by Crippen LogP contribution is 1.94. The molecule has 0 N–H and O–H groups in total. The molecular formula is C7H11NO5. The lowest BCUT2D eigenvalue weighted by Gasteiger charge is -2.08. The maximum Gasteiger partial charge on any atom is 0.302 e. The molecule has 0 heterocycles. The van der Waals surface area contributed by atoms with E-state index < -0.39 is 18.0 Å². The molecule has 6 heteroatoms. The summed E-state index contributed by atoms with van der Waals surface area (Å²) in [6.45, 7) is 2.11. The number of rotatable bonds is 5. The first-order valence-corrected chi connectivity index (χ1v) is 3.65. The second kappa shape index (κ2) is 6.10. The third-order valence-corrected chi connectivity index (χ3v) is 1.11. The quantitative estimate of drug-likeness (QED) is 0.457. The SMILES string of the molecule is CC(=O)OCC(COC(C)=O)N=O. The van der Waals surface area contributed by atoms with Crippen molar-refractivity contribution in [1.82, 2.24) is 0 Å². The molecule has 0 atom stereocenters. The van der Waals surface area contributed by atoms with Crippen molar-refractivity contribution in [1.29, 1.82) is 0 Å². The molecule has 6 nitrogen and oxygen atoms in total. The molecule has 0 aliphatic heterocycles. The molecule has 0 spiro atoms. The first-order chi connectivity index (χ1) is 6.06. The Morgan fingerprint density at radius 2 is 1.54 bits per heavy atom. The van der Waals surface area contributed by atoms with E-state index in [1.165, 1.54) is 13.8 Å². The van der Waals surface area contributed by atoms with Crippen LogP contribution in [0, 0.1) is 4.91 Å². The summed E-state index contributed by atoms with van der Waals surface area (Å²) in [5.41, 5.74) is 0. The summed E-state index contributed by atoms with van der Waals surface area (Å²) in [4.78, 5) is 30.8. The van der Waals surface area contributed by atoms with Crippen molar-refractivity contribution in [2.45, 2.75) is 19.9 Å². The van der Waals surface area contributed by atoms with Crippen LogP contribution in [0.2, 0.25) is 0 Å². The van der Waals surface area contributed by atoms with Gasteiger partial charge in [-0.1, -0.05) is 5.18 Å². The van der Waals surface area contributed by atoms with Crippen molar-refractivity contribution < 1.29 is 19.1 Å².